The van der Waals surface area contributed by atoms with Crippen molar-refractivity contribution >= 4 is 21.6 Å². The van der Waals surface area contributed by atoms with Crippen LogP contribution in [-0.4, -0.2) is 16.3 Å². The van der Waals surface area contributed by atoms with Gasteiger partial charge in [-0.2, -0.15) is 18.3 Å². The predicted octanol–water partition coefficient (Wildman–Crippen LogP) is 3.86. The number of hydrogen-bond acceptors (Lipinski definition) is 2. The molecule has 0 aliphatic heterocycles. The molecule has 0 saturated carbocycles. The topological polar surface area (TPSA) is 29.9 Å². The normalized spacial score (nSPS) is 11.7. The number of anilines is 1. The SMILES string of the molecule is Cn1nccc1CCNc1ccc(Br)cc1C(F)(F)F. The van der Waals surface area contributed by atoms with E-state index in [4.69, 9.17) is 0 Å². The van der Waals surface area contributed by atoms with Gasteiger partial charge in [0.05, 0.1) is 5.56 Å². The Morgan fingerprint density at radius 3 is 2.65 bits per heavy atom. The van der Waals surface area contributed by atoms with Crippen LogP contribution >= 0.6 is 15.9 Å². The Labute approximate surface area is 122 Å². The van der Waals surface area contributed by atoms with Crippen LogP contribution in [0.25, 0.3) is 0 Å². The molecule has 0 radical (unpaired) electrons. The fraction of sp³-hybridized carbons (Fsp3) is 0.308. The first kappa shape index (κ1) is 14.9. The lowest BCUT2D eigenvalue weighted by atomic mass is 10.1. The lowest BCUT2D eigenvalue weighted by Crippen LogP contribution is -2.13. The zero-order valence-electron chi connectivity index (χ0n) is 10.7. The maximum Gasteiger partial charge on any atom is 0.418 e. The van der Waals surface area contributed by atoms with Crippen molar-refractivity contribution in [1.29, 1.82) is 0 Å². The summed E-state index contributed by atoms with van der Waals surface area (Å²) in [6.07, 6.45) is -2.11. The highest BCUT2D eigenvalue weighted by atomic mass is 79.9. The first-order valence-corrected chi connectivity index (χ1v) is 6.75. The van der Waals surface area contributed by atoms with Gasteiger partial charge >= 0.3 is 6.18 Å². The van der Waals surface area contributed by atoms with E-state index in [0.717, 1.165) is 11.8 Å². The number of alkyl halides is 3. The number of halogens is 4. The molecule has 108 valence electrons. The van der Waals surface area contributed by atoms with Crippen molar-refractivity contribution in [3.8, 4) is 0 Å². The second kappa shape index (κ2) is 5.87. The Bertz CT molecular complexity index is 593. The quantitative estimate of drug-likeness (QED) is 0.910. The average molecular weight is 348 g/mol. The molecule has 3 nitrogen and oxygen atoms in total. The Kier molecular flexibility index (Phi) is 4.37. The molecule has 0 saturated heterocycles. The van der Waals surface area contributed by atoms with Gasteiger partial charge in [0, 0.05) is 42.1 Å². The largest absolute Gasteiger partial charge is 0.418 e. The summed E-state index contributed by atoms with van der Waals surface area (Å²) < 4.78 is 40.9. The second-order valence-electron chi connectivity index (χ2n) is 4.31. The van der Waals surface area contributed by atoms with Gasteiger partial charge in [0.25, 0.3) is 0 Å². The van der Waals surface area contributed by atoms with Crippen LogP contribution in [0.15, 0.2) is 34.9 Å². The lowest BCUT2D eigenvalue weighted by Gasteiger charge is -2.15. The van der Waals surface area contributed by atoms with Crippen LogP contribution in [0.1, 0.15) is 11.3 Å². The van der Waals surface area contributed by atoms with E-state index in [-0.39, 0.29) is 5.69 Å². The van der Waals surface area contributed by atoms with E-state index < -0.39 is 11.7 Å². The van der Waals surface area contributed by atoms with Crippen LogP contribution in [0.4, 0.5) is 18.9 Å². The molecule has 0 aliphatic carbocycles. The minimum Gasteiger partial charge on any atom is -0.384 e. The third-order valence-electron chi connectivity index (χ3n) is 2.91. The van der Waals surface area contributed by atoms with Gasteiger partial charge in [0.1, 0.15) is 0 Å². The Hall–Kier alpha value is -1.50. The van der Waals surface area contributed by atoms with Crippen LogP contribution in [0.2, 0.25) is 0 Å². The summed E-state index contributed by atoms with van der Waals surface area (Å²) in [6, 6.07) is 5.93. The highest BCUT2D eigenvalue weighted by molar-refractivity contribution is 9.10. The molecular formula is C13H13BrF3N3. The number of benzene rings is 1. The van der Waals surface area contributed by atoms with Gasteiger partial charge in [0.2, 0.25) is 0 Å². The molecule has 0 fully saturated rings. The van der Waals surface area contributed by atoms with Crippen LogP contribution in [0.5, 0.6) is 0 Å². The molecule has 1 heterocycles. The fourth-order valence-corrected chi connectivity index (χ4v) is 2.24. The average Bonchev–Trinajstić information content (AvgIpc) is 2.76. The summed E-state index contributed by atoms with van der Waals surface area (Å²) in [5.74, 6) is 0. The molecule has 0 bridgehead atoms. The minimum absolute atomic E-state index is 0.0860. The first-order chi connectivity index (χ1) is 9.38. The van der Waals surface area contributed by atoms with Crippen molar-refractivity contribution in [2.24, 2.45) is 7.05 Å². The van der Waals surface area contributed by atoms with E-state index in [2.05, 4.69) is 26.3 Å². The summed E-state index contributed by atoms with van der Waals surface area (Å²) in [7, 11) is 1.80. The molecule has 0 unspecified atom stereocenters. The maximum atomic E-state index is 12.9. The Morgan fingerprint density at radius 2 is 2.05 bits per heavy atom. The number of aromatic nitrogens is 2. The van der Waals surface area contributed by atoms with Gasteiger partial charge in [0.15, 0.2) is 0 Å². The molecule has 1 aromatic carbocycles. The summed E-state index contributed by atoms with van der Waals surface area (Å²) >= 11 is 3.06. The molecule has 1 aromatic heterocycles. The highest BCUT2D eigenvalue weighted by Crippen LogP contribution is 2.36. The monoisotopic (exact) mass is 347 g/mol. The smallest absolute Gasteiger partial charge is 0.384 e. The molecule has 20 heavy (non-hydrogen) atoms. The summed E-state index contributed by atoms with van der Waals surface area (Å²) in [5.41, 5.74) is 0.378. The zero-order chi connectivity index (χ0) is 14.8. The first-order valence-electron chi connectivity index (χ1n) is 5.95. The van der Waals surface area contributed by atoms with Gasteiger partial charge < -0.3 is 5.32 Å². The summed E-state index contributed by atoms with van der Waals surface area (Å²) in [5, 5.41) is 6.84. The van der Waals surface area contributed by atoms with Crippen molar-refractivity contribution in [1.82, 2.24) is 9.78 Å². The van der Waals surface area contributed by atoms with Gasteiger partial charge in [-0.3, -0.25) is 4.68 Å². The van der Waals surface area contributed by atoms with Crippen LogP contribution in [0.3, 0.4) is 0 Å². The van der Waals surface area contributed by atoms with Crippen molar-refractivity contribution in [2.75, 3.05) is 11.9 Å². The van der Waals surface area contributed by atoms with Crippen LogP contribution in [-0.2, 0) is 19.6 Å². The van der Waals surface area contributed by atoms with Gasteiger partial charge in [-0.05, 0) is 24.3 Å². The Balaban J connectivity index is 2.08. The predicted molar refractivity (Wildman–Crippen MR) is 74.5 cm³/mol. The Morgan fingerprint density at radius 1 is 1.30 bits per heavy atom. The molecule has 0 aliphatic rings. The number of rotatable bonds is 4. The molecule has 7 heteroatoms. The lowest BCUT2D eigenvalue weighted by molar-refractivity contribution is -0.137. The van der Waals surface area contributed by atoms with E-state index in [1.165, 1.54) is 6.07 Å². The molecular weight excluding hydrogens is 335 g/mol. The van der Waals surface area contributed by atoms with Crippen molar-refractivity contribution in [2.45, 2.75) is 12.6 Å². The molecule has 1 N–H and O–H groups in total. The standard InChI is InChI=1S/C13H13BrF3N3/c1-20-10(5-7-19-20)4-6-18-12-3-2-9(14)8-11(12)13(15,16)17/h2-3,5,7-8,18H,4,6H2,1H3. The molecule has 0 atom stereocenters. The van der Waals surface area contributed by atoms with Crippen LogP contribution in [0, 0.1) is 0 Å². The number of nitrogens with zero attached hydrogens (tertiary/aromatic N) is 2. The molecule has 0 spiro atoms. The number of hydrogen-bond donors (Lipinski definition) is 1. The maximum absolute atomic E-state index is 12.9. The van der Waals surface area contributed by atoms with E-state index in [1.807, 2.05) is 6.07 Å². The van der Waals surface area contributed by atoms with Crippen molar-refractivity contribution in [3.63, 3.8) is 0 Å². The van der Waals surface area contributed by atoms with Crippen molar-refractivity contribution in [3.05, 3.63) is 46.2 Å². The molecule has 2 aromatic rings. The number of aryl methyl sites for hydroxylation is 1. The van der Waals surface area contributed by atoms with E-state index in [0.29, 0.717) is 17.4 Å². The van der Waals surface area contributed by atoms with E-state index >= 15 is 0 Å². The molecule has 0 amide bonds. The van der Waals surface area contributed by atoms with Crippen molar-refractivity contribution < 1.29 is 13.2 Å². The third-order valence-corrected chi connectivity index (χ3v) is 3.40. The summed E-state index contributed by atoms with van der Waals surface area (Å²) in [4.78, 5) is 0. The second-order valence-corrected chi connectivity index (χ2v) is 5.23. The highest BCUT2D eigenvalue weighted by Gasteiger charge is 2.33. The molecule has 2 rings (SSSR count). The van der Waals surface area contributed by atoms with Gasteiger partial charge in [-0.1, -0.05) is 15.9 Å². The third kappa shape index (κ3) is 3.53. The fourth-order valence-electron chi connectivity index (χ4n) is 1.88. The summed E-state index contributed by atoms with van der Waals surface area (Å²) in [6.45, 7) is 0.407. The van der Waals surface area contributed by atoms with Gasteiger partial charge in [-0.15, -0.1) is 0 Å². The van der Waals surface area contributed by atoms with Crippen LogP contribution < -0.4 is 5.32 Å². The number of nitrogens with one attached hydrogen (secondary N) is 1. The van der Waals surface area contributed by atoms with Gasteiger partial charge in [-0.25, -0.2) is 0 Å². The van der Waals surface area contributed by atoms with E-state index in [1.54, 1.807) is 24.0 Å². The van der Waals surface area contributed by atoms with E-state index in [9.17, 15) is 13.2 Å². The minimum atomic E-state index is -4.38. The zero-order valence-corrected chi connectivity index (χ0v) is 12.3.